The number of hydrogen-bond acceptors (Lipinski definition) is 11. The van der Waals surface area contributed by atoms with E-state index in [9.17, 15) is 4.39 Å². The maximum Gasteiger partial charge on any atom is 0.232 e. The molecule has 4 rings (SSSR count). The van der Waals surface area contributed by atoms with E-state index in [-0.39, 0.29) is 11.8 Å². The number of nitrogens with zero attached hydrogens (tertiary/aromatic N) is 5. The number of ether oxygens (including phenoxy) is 1. The minimum absolute atomic E-state index is 0.105. The largest absolute Gasteiger partial charge is 0.497 e. The number of benzene rings is 2. The second-order valence-electron chi connectivity index (χ2n) is 6.32. The van der Waals surface area contributed by atoms with Gasteiger partial charge < -0.3 is 15.8 Å². The highest BCUT2D eigenvalue weighted by atomic mass is 32.2. The zero-order valence-electron chi connectivity index (χ0n) is 16.9. The number of halogens is 1. The van der Waals surface area contributed by atoms with Crippen molar-refractivity contribution in [2.24, 2.45) is 0 Å². The van der Waals surface area contributed by atoms with Crippen LogP contribution in [0.2, 0.25) is 0 Å². The fraction of sp³-hybridized carbons (Fsp3) is 0.150. The van der Waals surface area contributed by atoms with E-state index in [1.807, 2.05) is 24.3 Å². The predicted octanol–water partition coefficient (Wildman–Crippen LogP) is 4.78. The van der Waals surface area contributed by atoms with Crippen LogP contribution in [-0.4, -0.2) is 32.3 Å². The molecule has 164 valence electrons. The Morgan fingerprint density at radius 3 is 2.31 bits per heavy atom. The summed E-state index contributed by atoms with van der Waals surface area (Å²) >= 11 is 4.62. The molecule has 2 aromatic heterocycles. The first kappa shape index (κ1) is 22.2. The van der Waals surface area contributed by atoms with Crippen LogP contribution < -0.4 is 15.8 Å². The molecule has 0 spiro atoms. The molecule has 0 bridgehead atoms. The number of thioether (sulfide) groups is 2. The van der Waals surface area contributed by atoms with Gasteiger partial charge in [0.05, 0.1) is 12.9 Å². The number of nitrogens with two attached hydrogens (primary N) is 1. The van der Waals surface area contributed by atoms with Crippen LogP contribution in [0.5, 0.6) is 5.75 Å². The van der Waals surface area contributed by atoms with Crippen molar-refractivity contribution < 1.29 is 9.13 Å². The summed E-state index contributed by atoms with van der Waals surface area (Å²) in [5, 5.41) is 11.5. The van der Waals surface area contributed by atoms with Crippen molar-refractivity contribution in [2.75, 3.05) is 18.2 Å². The van der Waals surface area contributed by atoms with Crippen LogP contribution in [0.4, 0.5) is 22.0 Å². The third kappa shape index (κ3) is 6.28. The highest BCUT2D eigenvalue weighted by Crippen LogP contribution is 2.32. The van der Waals surface area contributed by atoms with E-state index in [4.69, 9.17) is 10.5 Å². The first-order valence-corrected chi connectivity index (χ1v) is 12.1. The van der Waals surface area contributed by atoms with Gasteiger partial charge in [0.1, 0.15) is 17.4 Å². The second-order valence-corrected chi connectivity index (χ2v) is 9.75. The van der Waals surface area contributed by atoms with E-state index in [1.54, 1.807) is 31.0 Å². The van der Waals surface area contributed by atoms with Crippen molar-refractivity contribution >= 4 is 52.4 Å². The molecule has 2 aromatic carbocycles. The fourth-order valence-corrected chi connectivity index (χ4v) is 5.36. The van der Waals surface area contributed by atoms with Crippen LogP contribution in [0.1, 0.15) is 11.4 Å². The summed E-state index contributed by atoms with van der Waals surface area (Å²) in [5.41, 5.74) is 7.65. The SMILES string of the molecule is COc1ccc(CSc2nnc(SCc3nc(N)nc(Nc4ccc(F)cc4)n3)s2)cc1. The maximum absolute atomic E-state index is 13.1. The van der Waals surface area contributed by atoms with Crippen molar-refractivity contribution in [1.82, 2.24) is 25.1 Å². The van der Waals surface area contributed by atoms with Gasteiger partial charge in [-0.25, -0.2) is 4.39 Å². The van der Waals surface area contributed by atoms with E-state index < -0.39 is 0 Å². The lowest BCUT2D eigenvalue weighted by atomic mass is 10.2. The highest BCUT2D eigenvalue weighted by Gasteiger charge is 2.10. The van der Waals surface area contributed by atoms with Crippen molar-refractivity contribution in [3.05, 3.63) is 65.7 Å². The van der Waals surface area contributed by atoms with E-state index in [2.05, 4.69) is 30.5 Å². The monoisotopic (exact) mass is 487 g/mol. The average molecular weight is 488 g/mol. The van der Waals surface area contributed by atoms with Gasteiger partial charge in [-0.1, -0.05) is 47.0 Å². The third-order valence-electron chi connectivity index (χ3n) is 4.03. The van der Waals surface area contributed by atoms with Gasteiger partial charge in [-0.2, -0.15) is 15.0 Å². The van der Waals surface area contributed by atoms with E-state index in [1.165, 1.54) is 40.8 Å². The number of nitrogens with one attached hydrogen (secondary N) is 1. The van der Waals surface area contributed by atoms with Crippen molar-refractivity contribution in [1.29, 1.82) is 0 Å². The Hall–Kier alpha value is -2.96. The Labute approximate surface area is 196 Å². The van der Waals surface area contributed by atoms with Crippen LogP contribution in [0.3, 0.4) is 0 Å². The molecule has 0 radical (unpaired) electrons. The molecule has 0 aliphatic carbocycles. The van der Waals surface area contributed by atoms with Gasteiger partial charge in [0.15, 0.2) is 8.68 Å². The zero-order valence-corrected chi connectivity index (χ0v) is 19.3. The number of rotatable bonds is 9. The topological polar surface area (TPSA) is 112 Å². The standard InChI is InChI=1S/C20H18FN7OS3/c1-29-15-8-2-12(3-9-15)10-30-19-27-28-20(32-19)31-11-16-24-17(22)26-18(25-16)23-14-6-4-13(21)5-7-14/h2-9H,10-11H2,1H3,(H3,22,23,24,25,26). The summed E-state index contributed by atoms with van der Waals surface area (Å²) in [7, 11) is 1.65. The quantitative estimate of drug-likeness (QED) is 0.320. The van der Waals surface area contributed by atoms with E-state index >= 15 is 0 Å². The first-order valence-electron chi connectivity index (χ1n) is 9.32. The molecule has 0 atom stereocenters. The minimum Gasteiger partial charge on any atom is -0.497 e. The summed E-state index contributed by atoms with van der Waals surface area (Å²) in [5.74, 6) is 2.69. The molecule has 0 aliphatic heterocycles. The van der Waals surface area contributed by atoms with Crippen molar-refractivity contribution in [3.8, 4) is 5.75 Å². The molecule has 0 fully saturated rings. The molecule has 0 saturated carbocycles. The van der Waals surface area contributed by atoms with Crippen molar-refractivity contribution in [3.63, 3.8) is 0 Å². The van der Waals surface area contributed by atoms with E-state index in [0.29, 0.717) is 23.2 Å². The molecule has 0 saturated heterocycles. The lowest BCUT2D eigenvalue weighted by Crippen LogP contribution is -2.06. The van der Waals surface area contributed by atoms with Crippen LogP contribution in [-0.2, 0) is 11.5 Å². The summed E-state index contributed by atoms with van der Waals surface area (Å²) in [6, 6.07) is 13.8. The Morgan fingerprint density at radius 1 is 0.938 bits per heavy atom. The predicted molar refractivity (Wildman–Crippen MR) is 126 cm³/mol. The molecule has 2 heterocycles. The number of hydrogen-bond donors (Lipinski definition) is 2. The minimum atomic E-state index is -0.318. The number of aromatic nitrogens is 5. The van der Waals surface area contributed by atoms with Crippen LogP contribution in [0.15, 0.2) is 57.2 Å². The maximum atomic E-state index is 13.1. The normalized spacial score (nSPS) is 10.8. The Kier molecular flexibility index (Phi) is 7.35. The van der Waals surface area contributed by atoms with Gasteiger partial charge in [0.25, 0.3) is 0 Å². The Morgan fingerprint density at radius 2 is 1.62 bits per heavy atom. The van der Waals surface area contributed by atoms with Crippen LogP contribution >= 0.6 is 34.9 Å². The summed E-state index contributed by atoms with van der Waals surface area (Å²) in [4.78, 5) is 12.6. The molecule has 4 aromatic rings. The first-order chi connectivity index (χ1) is 15.6. The lowest BCUT2D eigenvalue weighted by Gasteiger charge is -2.06. The van der Waals surface area contributed by atoms with Gasteiger partial charge in [0, 0.05) is 11.4 Å². The molecule has 0 amide bonds. The molecular weight excluding hydrogens is 469 g/mol. The fourth-order valence-electron chi connectivity index (χ4n) is 2.53. The molecular formula is C20H18FN7OS3. The number of anilines is 3. The van der Waals surface area contributed by atoms with Gasteiger partial charge >= 0.3 is 0 Å². The molecule has 12 heteroatoms. The lowest BCUT2D eigenvalue weighted by molar-refractivity contribution is 0.414. The molecule has 0 unspecified atom stereocenters. The van der Waals surface area contributed by atoms with Gasteiger partial charge in [-0.05, 0) is 42.0 Å². The molecule has 32 heavy (non-hydrogen) atoms. The third-order valence-corrected chi connectivity index (χ3v) is 7.29. The van der Waals surface area contributed by atoms with E-state index in [0.717, 1.165) is 20.2 Å². The van der Waals surface area contributed by atoms with Gasteiger partial charge in [0.2, 0.25) is 11.9 Å². The smallest absolute Gasteiger partial charge is 0.232 e. The van der Waals surface area contributed by atoms with Gasteiger partial charge in [-0.3, -0.25) is 0 Å². The Balaban J connectivity index is 1.32. The number of nitrogen functional groups attached to an aromatic ring is 1. The zero-order chi connectivity index (χ0) is 22.3. The average Bonchev–Trinajstić information content (AvgIpc) is 3.26. The van der Waals surface area contributed by atoms with Crippen LogP contribution in [0, 0.1) is 5.82 Å². The number of methoxy groups -OCH3 is 1. The second kappa shape index (κ2) is 10.6. The van der Waals surface area contributed by atoms with Gasteiger partial charge in [-0.15, -0.1) is 10.2 Å². The Bertz CT molecular complexity index is 1170. The van der Waals surface area contributed by atoms with Crippen LogP contribution in [0.25, 0.3) is 0 Å². The summed E-state index contributed by atoms with van der Waals surface area (Å²) in [6.45, 7) is 0. The molecule has 3 N–H and O–H groups in total. The molecule has 0 aliphatic rings. The highest BCUT2D eigenvalue weighted by molar-refractivity contribution is 8.02. The summed E-state index contributed by atoms with van der Waals surface area (Å²) in [6.07, 6.45) is 0. The van der Waals surface area contributed by atoms with Crippen molar-refractivity contribution in [2.45, 2.75) is 20.2 Å². The molecule has 8 nitrogen and oxygen atoms in total. The summed E-state index contributed by atoms with van der Waals surface area (Å²) < 4.78 is 20.0.